The normalized spacial score (nSPS) is 13.0. The average molecular weight is 257 g/mol. The van der Waals surface area contributed by atoms with Crippen molar-refractivity contribution in [3.8, 4) is 0 Å². The number of halogens is 1. The number of hydrogen-bond acceptors (Lipinski definition) is 3. The second-order valence-electron chi connectivity index (χ2n) is 4.45. The third-order valence-electron chi connectivity index (χ3n) is 3.02. The first-order chi connectivity index (χ1) is 9.11. The molecule has 1 aliphatic heterocycles. The van der Waals surface area contributed by atoms with E-state index in [-0.39, 0.29) is 11.7 Å². The summed E-state index contributed by atoms with van der Waals surface area (Å²) in [6, 6.07) is 9.56. The zero-order valence-electron chi connectivity index (χ0n) is 10.0. The number of hydrogen-bond donors (Lipinski definition) is 3. The Morgan fingerprint density at radius 2 is 1.95 bits per heavy atom. The van der Waals surface area contributed by atoms with E-state index in [1.807, 2.05) is 0 Å². The number of carbonyl (C=O) groups is 1. The molecule has 0 bridgehead atoms. The summed E-state index contributed by atoms with van der Waals surface area (Å²) in [4.78, 5) is 11.3. The van der Waals surface area contributed by atoms with Gasteiger partial charge < -0.3 is 16.4 Å². The highest BCUT2D eigenvalue weighted by Crippen LogP contribution is 2.33. The van der Waals surface area contributed by atoms with Gasteiger partial charge in [-0.3, -0.25) is 4.79 Å². The summed E-state index contributed by atoms with van der Waals surface area (Å²) < 4.78 is 12.8. The number of fused-ring (bicyclic) bond motifs is 1. The first kappa shape index (κ1) is 11.5. The lowest BCUT2D eigenvalue weighted by Gasteiger charge is -2.11. The van der Waals surface area contributed by atoms with Crippen molar-refractivity contribution in [2.45, 2.75) is 6.42 Å². The molecule has 2 aromatic rings. The summed E-state index contributed by atoms with van der Waals surface area (Å²) in [6.45, 7) is 0. The van der Waals surface area contributed by atoms with Crippen LogP contribution in [0.15, 0.2) is 36.4 Å². The van der Waals surface area contributed by atoms with Crippen LogP contribution in [0.2, 0.25) is 0 Å². The summed E-state index contributed by atoms with van der Waals surface area (Å²) in [5.41, 5.74) is 9.58. The maximum atomic E-state index is 12.8. The second-order valence-corrected chi connectivity index (χ2v) is 4.45. The van der Waals surface area contributed by atoms with Gasteiger partial charge in [0, 0.05) is 11.4 Å². The first-order valence-electron chi connectivity index (χ1n) is 5.86. The highest BCUT2D eigenvalue weighted by molar-refractivity contribution is 6.01. The molecule has 0 radical (unpaired) electrons. The minimum atomic E-state index is -0.292. The minimum Gasteiger partial charge on any atom is -0.397 e. The molecule has 0 unspecified atom stereocenters. The van der Waals surface area contributed by atoms with Crippen LogP contribution in [0.5, 0.6) is 0 Å². The molecule has 0 spiro atoms. The number of benzene rings is 2. The Morgan fingerprint density at radius 1 is 1.21 bits per heavy atom. The van der Waals surface area contributed by atoms with E-state index in [9.17, 15) is 9.18 Å². The Hall–Kier alpha value is -2.56. The average Bonchev–Trinajstić information content (AvgIpc) is 2.72. The predicted octanol–water partition coefficient (Wildman–Crippen LogP) is 2.65. The quantitative estimate of drug-likeness (QED) is 0.724. The van der Waals surface area contributed by atoms with Gasteiger partial charge in [0.15, 0.2) is 0 Å². The van der Waals surface area contributed by atoms with Crippen LogP contribution in [0.25, 0.3) is 0 Å². The molecule has 5 heteroatoms. The molecule has 0 atom stereocenters. The monoisotopic (exact) mass is 257 g/mol. The molecule has 0 fully saturated rings. The van der Waals surface area contributed by atoms with E-state index in [1.165, 1.54) is 12.1 Å². The van der Waals surface area contributed by atoms with Crippen LogP contribution < -0.4 is 16.4 Å². The predicted molar refractivity (Wildman–Crippen MR) is 72.9 cm³/mol. The van der Waals surface area contributed by atoms with Gasteiger partial charge in [0.2, 0.25) is 5.91 Å². The number of rotatable bonds is 2. The van der Waals surface area contributed by atoms with Crippen molar-refractivity contribution in [1.82, 2.24) is 0 Å². The molecule has 0 aliphatic carbocycles. The van der Waals surface area contributed by atoms with Crippen molar-refractivity contribution in [3.63, 3.8) is 0 Å². The van der Waals surface area contributed by atoms with E-state index in [4.69, 9.17) is 5.73 Å². The summed E-state index contributed by atoms with van der Waals surface area (Å²) in [5.74, 6) is -0.326. The van der Waals surface area contributed by atoms with E-state index in [0.29, 0.717) is 17.8 Å². The zero-order valence-corrected chi connectivity index (χ0v) is 10.0. The van der Waals surface area contributed by atoms with Crippen molar-refractivity contribution in [3.05, 3.63) is 47.8 Å². The lowest BCUT2D eigenvalue weighted by Crippen LogP contribution is -2.03. The molecule has 2 aromatic carbocycles. The van der Waals surface area contributed by atoms with Gasteiger partial charge >= 0.3 is 0 Å². The van der Waals surface area contributed by atoms with Crippen molar-refractivity contribution in [2.75, 3.05) is 16.4 Å². The van der Waals surface area contributed by atoms with Crippen LogP contribution in [-0.2, 0) is 11.2 Å². The lowest BCUT2D eigenvalue weighted by atomic mass is 10.1. The van der Waals surface area contributed by atoms with Gasteiger partial charge in [-0.15, -0.1) is 0 Å². The summed E-state index contributed by atoms with van der Waals surface area (Å²) in [7, 11) is 0. The van der Waals surface area contributed by atoms with E-state index >= 15 is 0 Å². The minimum absolute atomic E-state index is 0.0340. The van der Waals surface area contributed by atoms with Crippen LogP contribution in [-0.4, -0.2) is 5.91 Å². The zero-order chi connectivity index (χ0) is 13.4. The van der Waals surface area contributed by atoms with Crippen molar-refractivity contribution in [2.24, 2.45) is 0 Å². The summed E-state index contributed by atoms with van der Waals surface area (Å²) >= 11 is 0. The second kappa shape index (κ2) is 4.28. The third kappa shape index (κ3) is 2.22. The molecule has 1 aliphatic rings. The molecular weight excluding hydrogens is 245 g/mol. The van der Waals surface area contributed by atoms with Gasteiger partial charge in [0.05, 0.1) is 17.8 Å². The Morgan fingerprint density at radius 3 is 2.68 bits per heavy atom. The summed E-state index contributed by atoms with van der Waals surface area (Å²) in [5, 5.41) is 5.87. The topological polar surface area (TPSA) is 67.2 Å². The molecule has 1 amide bonds. The van der Waals surface area contributed by atoms with Gasteiger partial charge in [-0.1, -0.05) is 0 Å². The number of nitrogens with one attached hydrogen (secondary N) is 2. The van der Waals surface area contributed by atoms with E-state index in [1.54, 1.807) is 24.3 Å². The van der Waals surface area contributed by atoms with E-state index in [2.05, 4.69) is 10.6 Å². The fourth-order valence-electron chi connectivity index (χ4n) is 2.09. The number of nitrogen functional groups attached to an aromatic ring is 1. The SMILES string of the molecule is Nc1cc2c(cc1Nc1ccc(F)cc1)NC(=O)C2. The molecule has 0 saturated carbocycles. The molecule has 19 heavy (non-hydrogen) atoms. The Kier molecular flexibility index (Phi) is 2.59. The molecule has 1 heterocycles. The van der Waals surface area contributed by atoms with Crippen molar-refractivity contribution in [1.29, 1.82) is 0 Å². The number of amides is 1. The van der Waals surface area contributed by atoms with Crippen LogP contribution in [0, 0.1) is 5.82 Å². The molecule has 0 aromatic heterocycles. The molecule has 4 nitrogen and oxygen atoms in total. The van der Waals surface area contributed by atoms with Gasteiger partial charge in [0.1, 0.15) is 5.82 Å². The highest BCUT2D eigenvalue weighted by Gasteiger charge is 2.19. The number of carbonyl (C=O) groups excluding carboxylic acids is 1. The van der Waals surface area contributed by atoms with E-state index in [0.717, 1.165) is 16.9 Å². The molecule has 4 N–H and O–H groups in total. The summed E-state index contributed by atoms with van der Waals surface area (Å²) in [6.07, 6.45) is 0.358. The van der Waals surface area contributed by atoms with Crippen molar-refractivity contribution < 1.29 is 9.18 Å². The van der Waals surface area contributed by atoms with Gasteiger partial charge in [0.25, 0.3) is 0 Å². The highest BCUT2D eigenvalue weighted by atomic mass is 19.1. The first-order valence-corrected chi connectivity index (χ1v) is 5.86. The maximum absolute atomic E-state index is 12.8. The molecule has 3 rings (SSSR count). The van der Waals surface area contributed by atoms with Gasteiger partial charge in [-0.2, -0.15) is 0 Å². The maximum Gasteiger partial charge on any atom is 0.228 e. The van der Waals surface area contributed by atoms with Crippen LogP contribution in [0.1, 0.15) is 5.56 Å². The van der Waals surface area contributed by atoms with Gasteiger partial charge in [-0.05, 0) is 42.0 Å². The fourth-order valence-corrected chi connectivity index (χ4v) is 2.09. The van der Waals surface area contributed by atoms with Gasteiger partial charge in [-0.25, -0.2) is 4.39 Å². The smallest absolute Gasteiger partial charge is 0.228 e. The van der Waals surface area contributed by atoms with Crippen LogP contribution in [0.3, 0.4) is 0 Å². The fraction of sp³-hybridized carbons (Fsp3) is 0.0714. The van der Waals surface area contributed by atoms with Crippen LogP contribution >= 0.6 is 0 Å². The van der Waals surface area contributed by atoms with E-state index < -0.39 is 0 Å². The molecule has 96 valence electrons. The Balaban J connectivity index is 1.91. The third-order valence-corrected chi connectivity index (χ3v) is 3.02. The Labute approximate surface area is 109 Å². The number of anilines is 4. The molecule has 0 saturated heterocycles. The number of nitrogens with two attached hydrogens (primary N) is 1. The van der Waals surface area contributed by atoms with Crippen LogP contribution in [0.4, 0.5) is 27.1 Å². The molecular formula is C14H12FN3O. The van der Waals surface area contributed by atoms with Crippen molar-refractivity contribution >= 4 is 28.7 Å². The standard InChI is InChI=1S/C14H12FN3O/c15-9-1-3-10(4-2-9)17-13-7-12-8(5-11(13)16)6-14(19)18-12/h1-5,7,17H,6,16H2,(H,18,19). The largest absolute Gasteiger partial charge is 0.397 e. The Bertz CT molecular complexity index is 652. The lowest BCUT2D eigenvalue weighted by molar-refractivity contribution is -0.115.